The van der Waals surface area contributed by atoms with Crippen LogP contribution >= 0.6 is 0 Å². The zero-order valence-electron chi connectivity index (χ0n) is 14.4. The molecule has 0 fully saturated rings. The van der Waals surface area contributed by atoms with Crippen LogP contribution in [0.4, 0.5) is 0 Å². The van der Waals surface area contributed by atoms with Crippen LogP contribution in [0.5, 0.6) is 0 Å². The van der Waals surface area contributed by atoms with E-state index in [1.165, 1.54) is 14.2 Å². The Labute approximate surface area is 168 Å². The third-order valence-corrected chi connectivity index (χ3v) is 3.11. The molecule has 0 aliphatic rings. The number of aliphatic carboxylic acids is 2. The molecule has 2 unspecified atom stereocenters. The van der Waals surface area contributed by atoms with E-state index in [0.29, 0.717) is 11.1 Å². The van der Waals surface area contributed by atoms with Crippen molar-refractivity contribution < 1.29 is 58.8 Å². The minimum absolute atomic E-state index is 0. The van der Waals surface area contributed by atoms with Crippen molar-refractivity contribution in [2.45, 2.75) is 12.2 Å². The van der Waals surface area contributed by atoms with Crippen molar-refractivity contribution in [3.05, 3.63) is 71.8 Å². The molecule has 0 saturated carbocycles. The van der Waals surface area contributed by atoms with Gasteiger partial charge in [0.1, 0.15) is 6.10 Å². The molecule has 2 aromatic carbocycles. The molecule has 25 heavy (non-hydrogen) atoms. The van der Waals surface area contributed by atoms with Gasteiger partial charge in [0, 0.05) is 14.2 Å². The summed E-state index contributed by atoms with van der Waals surface area (Å²) in [6.07, 6.45) is -1.82. The predicted octanol–water partition coefficient (Wildman–Crippen LogP) is -1.41. The van der Waals surface area contributed by atoms with Gasteiger partial charge in [0.25, 0.3) is 0 Å². The van der Waals surface area contributed by atoms with Crippen molar-refractivity contribution in [1.82, 2.24) is 0 Å². The Morgan fingerprint density at radius 3 is 1.48 bits per heavy atom. The Bertz CT molecular complexity index is 575. The molecule has 0 aliphatic carbocycles. The molecule has 0 heterocycles. The van der Waals surface area contributed by atoms with Crippen LogP contribution in [0.25, 0.3) is 0 Å². The molecule has 2 rings (SSSR count). The first-order valence-corrected chi connectivity index (χ1v) is 7.10. The molecule has 0 aromatic heterocycles. The van der Waals surface area contributed by atoms with Crippen molar-refractivity contribution >= 4 is 11.9 Å². The number of rotatable bonds is 6. The van der Waals surface area contributed by atoms with Gasteiger partial charge >= 0.3 is 35.5 Å². The van der Waals surface area contributed by atoms with Gasteiger partial charge in [0.05, 0.1) is 5.97 Å². The second-order valence-electron chi connectivity index (χ2n) is 4.71. The molecule has 2 atom stereocenters. The molecule has 0 aliphatic heterocycles. The number of carbonyl (C=O) groups is 2. The van der Waals surface area contributed by atoms with Gasteiger partial charge in [-0.2, -0.15) is 0 Å². The van der Waals surface area contributed by atoms with Crippen LogP contribution in [0.1, 0.15) is 23.3 Å². The van der Waals surface area contributed by atoms with Crippen molar-refractivity contribution in [1.29, 1.82) is 0 Å². The SMILES string of the molecule is COC(C(=O)O)c1ccccc1.COC(C(=O)[O-])c1ccccc1.[Na+]. The number of carboxylic acid groups (broad SMARTS) is 2. The zero-order chi connectivity index (χ0) is 17.9. The van der Waals surface area contributed by atoms with Gasteiger partial charge in [0.2, 0.25) is 0 Å². The summed E-state index contributed by atoms with van der Waals surface area (Å²) in [5.74, 6) is -2.19. The Morgan fingerprint density at radius 1 is 0.840 bits per heavy atom. The Morgan fingerprint density at radius 2 is 1.20 bits per heavy atom. The molecule has 2 aromatic rings. The van der Waals surface area contributed by atoms with Gasteiger partial charge < -0.3 is 24.5 Å². The number of methoxy groups -OCH3 is 2. The Hall–Kier alpha value is -1.70. The maximum absolute atomic E-state index is 10.6. The molecule has 128 valence electrons. The number of benzene rings is 2. The van der Waals surface area contributed by atoms with E-state index < -0.39 is 24.1 Å². The molecule has 1 N–H and O–H groups in total. The fraction of sp³-hybridized carbons (Fsp3) is 0.222. The Kier molecular flexibility index (Phi) is 11.8. The first kappa shape index (κ1) is 23.3. The van der Waals surface area contributed by atoms with Crippen LogP contribution in [0, 0.1) is 0 Å². The molecule has 6 nitrogen and oxygen atoms in total. The number of ether oxygens (including phenoxy) is 2. The van der Waals surface area contributed by atoms with E-state index in [2.05, 4.69) is 0 Å². The summed E-state index contributed by atoms with van der Waals surface area (Å²) in [7, 11) is 2.72. The zero-order valence-corrected chi connectivity index (χ0v) is 16.4. The number of carboxylic acids is 2. The van der Waals surface area contributed by atoms with Crippen molar-refractivity contribution in [2.24, 2.45) is 0 Å². The monoisotopic (exact) mass is 354 g/mol. The molecule has 0 radical (unpaired) electrons. The molecular weight excluding hydrogens is 335 g/mol. The van der Waals surface area contributed by atoms with Crippen LogP contribution in [0.3, 0.4) is 0 Å². The average molecular weight is 354 g/mol. The summed E-state index contributed by atoms with van der Waals surface area (Å²) in [6, 6.07) is 17.5. The number of carbonyl (C=O) groups excluding carboxylic acids is 1. The van der Waals surface area contributed by atoms with Gasteiger partial charge in [-0.15, -0.1) is 0 Å². The fourth-order valence-electron chi connectivity index (χ4n) is 2.00. The minimum Gasteiger partial charge on any atom is -0.547 e. The summed E-state index contributed by atoms with van der Waals surface area (Å²) in [5.41, 5.74) is 1.26. The van der Waals surface area contributed by atoms with Crippen LogP contribution in [-0.4, -0.2) is 31.3 Å². The molecule has 0 spiro atoms. The van der Waals surface area contributed by atoms with Crippen LogP contribution in [-0.2, 0) is 19.1 Å². The summed E-state index contributed by atoms with van der Waals surface area (Å²) < 4.78 is 9.53. The summed E-state index contributed by atoms with van der Waals surface area (Å²) in [4.78, 5) is 21.1. The summed E-state index contributed by atoms with van der Waals surface area (Å²) >= 11 is 0. The van der Waals surface area contributed by atoms with Gasteiger partial charge in [-0.3, -0.25) is 0 Å². The second-order valence-corrected chi connectivity index (χ2v) is 4.71. The van der Waals surface area contributed by atoms with E-state index in [-0.39, 0.29) is 29.6 Å². The predicted molar refractivity (Wildman–Crippen MR) is 85.0 cm³/mol. The second kappa shape index (κ2) is 12.6. The minimum atomic E-state index is -1.22. The van der Waals surface area contributed by atoms with Crippen molar-refractivity contribution in [2.75, 3.05) is 14.2 Å². The maximum Gasteiger partial charge on any atom is 1.00 e. The number of hydrogen-bond acceptors (Lipinski definition) is 5. The topological polar surface area (TPSA) is 95.9 Å². The molecule has 0 bridgehead atoms. The normalized spacial score (nSPS) is 11.9. The first-order valence-electron chi connectivity index (χ1n) is 7.10. The fourth-order valence-corrected chi connectivity index (χ4v) is 2.00. The van der Waals surface area contributed by atoms with E-state index in [9.17, 15) is 14.7 Å². The molecule has 0 amide bonds. The largest absolute Gasteiger partial charge is 1.00 e. The quantitative estimate of drug-likeness (QED) is 0.640. The van der Waals surface area contributed by atoms with E-state index >= 15 is 0 Å². The number of hydrogen-bond donors (Lipinski definition) is 1. The Balaban J connectivity index is 0.000000443. The first-order chi connectivity index (χ1) is 11.5. The van der Waals surface area contributed by atoms with Crippen LogP contribution in [0.15, 0.2) is 60.7 Å². The van der Waals surface area contributed by atoms with Crippen LogP contribution < -0.4 is 34.7 Å². The van der Waals surface area contributed by atoms with Crippen LogP contribution in [0.2, 0.25) is 0 Å². The third kappa shape index (κ3) is 7.81. The van der Waals surface area contributed by atoms with E-state index in [1.807, 2.05) is 12.1 Å². The van der Waals surface area contributed by atoms with Crippen molar-refractivity contribution in [3.8, 4) is 0 Å². The standard InChI is InChI=1S/2C9H10O3.Na/c2*1-12-8(9(10)11)7-5-3-2-4-6-7;/h2*2-6,8H,1H3,(H,10,11);/q;;+1/p-1. The average Bonchev–Trinajstić information content (AvgIpc) is 2.58. The molecule has 0 saturated heterocycles. The van der Waals surface area contributed by atoms with Crippen molar-refractivity contribution in [3.63, 3.8) is 0 Å². The molecular formula is C18H19NaO6. The van der Waals surface area contributed by atoms with Gasteiger partial charge in [-0.25, -0.2) is 4.79 Å². The van der Waals surface area contributed by atoms with E-state index in [0.717, 1.165) is 0 Å². The maximum atomic E-state index is 10.6. The smallest absolute Gasteiger partial charge is 0.547 e. The van der Waals surface area contributed by atoms with Gasteiger partial charge in [0.15, 0.2) is 6.10 Å². The van der Waals surface area contributed by atoms with Gasteiger partial charge in [-0.05, 0) is 11.1 Å². The summed E-state index contributed by atoms with van der Waals surface area (Å²) in [5, 5.41) is 19.2. The van der Waals surface area contributed by atoms with E-state index in [1.54, 1.807) is 48.5 Å². The third-order valence-electron chi connectivity index (χ3n) is 3.11. The summed E-state index contributed by atoms with van der Waals surface area (Å²) in [6.45, 7) is 0. The molecule has 7 heteroatoms. The van der Waals surface area contributed by atoms with Gasteiger partial charge in [-0.1, -0.05) is 60.7 Å². The van der Waals surface area contributed by atoms with E-state index in [4.69, 9.17) is 14.6 Å².